The lowest BCUT2D eigenvalue weighted by atomic mass is 9.76. The summed E-state index contributed by atoms with van der Waals surface area (Å²) in [6.45, 7) is 4.37. The van der Waals surface area contributed by atoms with Crippen LogP contribution < -0.4 is 4.74 Å². The quantitative estimate of drug-likeness (QED) is 0.649. The van der Waals surface area contributed by atoms with Gasteiger partial charge in [0.1, 0.15) is 5.75 Å². The zero-order valence-corrected chi connectivity index (χ0v) is 16.6. The van der Waals surface area contributed by atoms with Crippen molar-refractivity contribution in [2.24, 2.45) is 11.8 Å². The van der Waals surface area contributed by atoms with E-state index in [0.29, 0.717) is 11.7 Å². The second kappa shape index (κ2) is 8.02. The molecular formula is C24H31NO2. The Morgan fingerprint density at radius 3 is 2.59 bits per heavy atom. The summed E-state index contributed by atoms with van der Waals surface area (Å²) in [5.41, 5.74) is 0.870. The smallest absolute Gasteiger partial charge is 0.167 e. The van der Waals surface area contributed by atoms with Crippen molar-refractivity contribution in [2.45, 2.75) is 51.5 Å². The van der Waals surface area contributed by atoms with Gasteiger partial charge in [0, 0.05) is 24.1 Å². The number of fused-ring (bicyclic) bond motifs is 1. The lowest BCUT2D eigenvalue weighted by Gasteiger charge is -2.45. The van der Waals surface area contributed by atoms with Gasteiger partial charge in [-0.25, -0.2) is 0 Å². The molecule has 0 amide bonds. The van der Waals surface area contributed by atoms with Crippen LogP contribution in [0.4, 0.5) is 0 Å². The molecule has 2 aliphatic rings. The highest BCUT2D eigenvalue weighted by atomic mass is 16.5. The molecule has 144 valence electrons. The van der Waals surface area contributed by atoms with Gasteiger partial charge in [-0.1, -0.05) is 38.0 Å². The Balaban J connectivity index is 1.58. The molecule has 3 heteroatoms. The molecule has 2 aromatic carbocycles. The zero-order chi connectivity index (χ0) is 18.8. The number of nitrogens with zero attached hydrogens (tertiary/aromatic N) is 1. The Morgan fingerprint density at radius 2 is 1.89 bits per heavy atom. The van der Waals surface area contributed by atoms with E-state index in [1.807, 2.05) is 18.2 Å². The second-order valence-electron chi connectivity index (χ2n) is 8.32. The van der Waals surface area contributed by atoms with Crippen LogP contribution in [0.5, 0.6) is 5.75 Å². The van der Waals surface area contributed by atoms with Gasteiger partial charge < -0.3 is 4.74 Å². The molecule has 1 aliphatic heterocycles. The number of hydrogen-bond acceptors (Lipinski definition) is 3. The van der Waals surface area contributed by atoms with Crippen LogP contribution in [0.25, 0.3) is 10.8 Å². The van der Waals surface area contributed by atoms with Gasteiger partial charge in [-0.15, -0.1) is 0 Å². The van der Waals surface area contributed by atoms with E-state index in [1.54, 1.807) is 7.11 Å². The summed E-state index contributed by atoms with van der Waals surface area (Å²) < 4.78 is 5.31. The summed E-state index contributed by atoms with van der Waals surface area (Å²) in [4.78, 5) is 16.1. The fourth-order valence-corrected chi connectivity index (χ4v) is 4.84. The maximum absolute atomic E-state index is 13.5. The van der Waals surface area contributed by atoms with E-state index in [0.717, 1.165) is 41.1 Å². The largest absolute Gasteiger partial charge is 0.497 e. The molecule has 1 aliphatic carbocycles. The fraction of sp³-hybridized carbons (Fsp3) is 0.542. The molecule has 1 unspecified atom stereocenters. The fourth-order valence-electron chi connectivity index (χ4n) is 4.84. The number of Topliss-reactive ketones (excluding diaryl/α,β-unsaturated/α-hetero) is 1. The van der Waals surface area contributed by atoms with Crippen LogP contribution in [0.3, 0.4) is 0 Å². The van der Waals surface area contributed by atoms with Gasteiger partial charge in [-0.05, 0) is 67.1 Å². The van der Waals surface area contributed by atoms with Crippen molar-refractivity contribution in [3.8, 4) is 5.75 Å². The summed E-state index contributed by atoms with van der Waals surface area (Å²) in [6.07, 6.45) is 7.49. The molecule has 0 aromatic heterocycles. The standard InChI is InChI=1S/C24H31NO2/c1-3-5-17-12-13-25(21-6-4-7-21)16-23(17)24(26)20-9-8-19-15-22(27-2)11-10-18(19)14-20/h8-11,14-15,17,21,23H,3-7,12-13,16H2,1-2H3/t17-,23?/m0/s1. The van der Waals surface area contributed by atoms with E-state index in [-0.39, 0.29) is 5.92 Å². The van der Waals surface area contributed by atoms with Crippen LogP contribution in [0.2, 0.25) is 0 Å². The minimum absolute atomic E-state index is 0.148. The average Bonchev–Trinajstić information content (AvgIpc) is 2.66. The van der Waals surface area contributed by atoms with Crippen molar-refractivity contribution in [1.29, 1.82) is 0 Å². The maximum atomic E-state index is 13.5. The summed E-state index contributed by atoms with van der Waals surface area (Å²) in [5, 5.41) is 2.23. The van der Waals surface area contributed by atoms with Crippen molar-refractivity contribution in [3.63, 3.8) is 0 Å². The van der Waals surface area contributed by atoms with E-state index >= 15 is 0 Å². The van der Waals surface area contributed by atoms with Crippen LogP contribution >= 0.6 is 0 Å². The minimum atomic E-state index is 0.148. The third kappa shape index (κ3) is 3.75. The molecule has 1 heterocycles. The van der Waals surface area contributed by atoms with Gasteiger partial charge in [-0.2, -0.15) is 0 Å². The Bertz CT molecular complexity index is 811. The molecule has 0 radical (unpaired) electrons. The van der Waals surface area contributed by atoms with Crippen molar-refractivity contribution < 1.29 is 9.53 Å². The van der Waals surface area contributed by atoms with Crippen molar-refractivity contribution in [1.82, 2.24) is 4.90 Å². The molecule has 2 atom stereocenters. The van der Waals surface area contributed by atoms with E-state index < -0.39 is 0 Å². The first-order chi connectivity index (χ1) is 13.2. The van der Waals surface area contributed by atoms with Crippen molar-refractivity contribution >= 4 is 16.6 Å². The Hall–Kier alpha value is -1.87. The molecule has 0 spiro atoms. The van der Waals surface area contributed by atoms with Crippen LogP contribution in [0.1, 0.15) is 55.8 Å². The third-order valence-electron chi connectivity index (χ3n) is 6.71. The average molecular weight is 366 g/mol. The van der Waals surface area contributed by atoms with Crippen LogP contribution in [0, 0.1) is 11.8 Å². The number of piperidine rings is 1. The highest BCUT2D eigenvalue weighted by molar-refractivity contribution is 6.01. The van der Waals surface area contributed by atoms with E-state index in [2.05, 4.69) is 30.0 Å². The summed E-state index contributed by atoms with van der Waals surface area (Å²) >= 11 is 0. The second-order valence-corrected chi connectivity index (χ2v) is 8.32. The SMILES string of the molecule is CCC[C@H]1CCN(C2CCC2)CC1C(=O)c1ccc2cc(OC)ccc2c1. The molecule has 1 saturated carbocycles. The van der Waals surface area contributed by atoms with Gasteiger partial charge in [0.15, 0.2) is 5.78 Å². The number of ether oxygens (including phenoxy) is 1. The predicted octanol–water partition coefficient (Wildman–Crippen LogP) is 5.32. The third-order valence-corrected chi connectivity index (χ3v) is 6.71. The number of ketones is 1. The predicted molar refractivity (Wildman–Crippen MR) is 111 cm³/mol. The number of carbonyl (C=O) groups is 1. The topological polar surface area (TPSA) is 29.5 Å². The monoisotopic (exact) mass is 365 g/mol. The Labute approximate surface area is 162 Å². The minimum Gasteiger partial charge on any atom is -0.497 e. The number of benzene rings is 2. The Morgan fingerprint density at radius 1 is 1.11 bits per heavy atom. The molecule has 0 bridgehead atoms. The van der Waals surface area contributed by atoms with Crippen LogP contribution in [-0.4, -0.2) is 36.9 Å². The lowest BCUT2D eigenvalue weighted by molar-refractivity contribution is 0.0390. The highest BCUT2D eigenvalue weighted by Gasteiger charge is 2.37. The number of methoxy groups -OCH3 is 1. The van der Waals surface area contributed by atoms with Gasteiger partial charge in [0.25, 0.3) is 0 Å². The van der Waals surface area contributed by atoms with E-state index in [1.165, 1.54) is 38.6 Å². The van der Waals surface area contributed by atoms with Gasteiger partial charge in [0.2, 0.25) is 0 Å². The number of hydrogen-bond donors (Lipinski definition) is 0. The number of likely N-dealkylation sites (tertiary alicyclic amines) is 1. The molecule has 27 heavy (non-hydrogen) atoms. The number of rotatable bonds is 6. The first kappa shape index (κ1) is 18.5. The molecule has 3 nitrogen and oxygen atoms in total. The van der Waals surface area contributed by atoms with Crippen molar-refractivity contribution in [3.05, 3.63) is 42.0 Å². The first-order valence-corrected chi connectivity index (χ1v) is 10.6. The van der Waals surface area contributed by atoms with Gasteiger partial charge >= 0.3 is 0 Å². The zero-order valence-electron chi connectivity index (χ0n) is 16.6. The summed E-state index contributed by atoms with van der Waals surface area (Å²) in [7, 11) is 1.68. The molecule has 2 aromatic rings. The molecule has 1 saturated heterocycles. The van der Waals surface area contributed by atoms with E-state index in [9.17, 15) is 4.79 Å². The summed E-state index contributed by atoms with van der Waals surface area (Å²) in [5.74, 6) is 1.88. The van der Waals surface area contributed by atoms with Gasteiger partial charge in [-0.3, -0.25) is 9.69 Å². The Kier molecular flexibility index (Phi) is 5.49. The number of carbonyl (C=O) groups excluding carboxylic acids is 1. The molecule has 2 fully saturated rings. The van der Waals surface area contributed by atoms with Crippen LogP contribution in [0.15, 0.2) is 36.4 Å². The van der Waals surface area contributed by atoms with Crippen LogP contribution in [-0.2, 0) is 0 Å². The van der Waals surface area contributed by atoms with Gasteiger partial charge in [0.05, 0.1) is 7.11 Å². The van der Waals surface area contributed by atoms with Crippen molar-refractivity contribution in [2.75, 3.05) is 20.2 Å². The maximum Gasteiger partial charge on any atom is 0.167 e. The highest BCUT2D eigenvalue weighted by Crippen LogP contribution is 2.35. The summed E-state index contributed by atoms with van der Waals surface area (Å²) in [6, 6.07) is 12.9. The molecule has 4 rings (SSSR count). The first-order valence-electron chi connectivity index (χ1n) is 10.6. The lowest BCUT2D eigenvalue weighted by Crippen LogP contribution is -2.50. The molecule has 0 N–H and O–H groups in total. The normalized spacial score (nSPS) is 23.9. The van der Waals surface area contributed by atoms with E-state index in [4.69, 9.17) is 4.74 Å². The molecular weight excluding hydrogens is 334 g/mol.